The molecule has 0 aromatic carbocycles. The second kappa shape index (κ2) is 4.34. The number of carbonyl (C=O) groups excluding carboxylic acids is 1. The Hall–Kier alpha value is -1.82. The number of hydrogen-bond donors (Lipinski definition) is 0. The zero-order chi connectivity index (χ0) is 14.6. The summed E-state index contributed by atoms with van der Waals surface area (Å²) in [6.07, 6.45) is 0.891. The van der Waals surface area contributed by atoms with Crippen LogP contribution in [0.4, 0.5) is 0 Å². The lowest BCUT2D eigenvalue weighted by molar-refractivity contribution is 0.0487. The van der Waals surface area contributed by atoms with Crippen LogP contribution in [-0.2, 0) is 19.5 Å². The molecule has 21 heavy (non-hydrogen) atoms. The molecule has 2 aliphatic heterocycles. The minimum absolute atomic E-state index is 0.00968. The van der Waals surface area contributed by atoms with Gasteiger partial charge in [-0.3, -0.25) is 4.79 Å². The summed E-state index contributed by atoms with van der Waals surface area (Å²) in [6.45, 7) is 6.27. The summed E-state index contributed by atoms with van der Waals surface area (Å²) < 4.78 is 7.21. The summed E-state index contributed by atoms with van der Waals surface area (Å²) >= 11 is 1.72. The maximum absolute atomic E-state index is 12.9. The van der Waals surface area contributed by atoms with E-state index in [1.165, 1.54) is 10.4 Å². The number of hydrogen-bond acceptors (Lipinski definition) is 4. The molecule has 0 radical (unpaired) electrons. The molecule has 5 nitrogen and oxygen atoms in total. The molecule has 4 rings (SSSR count). The van der Waals surface area contributed by atoms with Crippen LogP contribution >= 0.6 is 11.3 Å². The van der Waals surface area contributed by atoms with Gasteiger partial charge in [-0.15, -0.1) is 11.3 Å². The van der Waals surface area contributed by atoms with Crippen LogP contribution in [0.2, 0.25) is 0 Å². The summed E-state index contributed by atoms with van der Waals surface area (Å²) in [4.78, 5) is 16.1. The van der Waals surface area contributed by atoms with Gasteiger partial charge >= 0.3 is 0 Å². The highest BCUT2D eigenvalue weighted by Crippen LogP contribution is 2.35. The highest BCUT2D eigenvalue weighted by Gasteiger charge is 2.38. The van der Waals surface area contributed by atoms with Crippen molar-refractivity contribution in [3.8, 4) is 5.88 Å². The van der Waals surface area contributed by atoms with Crippen LogP contribution in [0.3, 0.4) is 0 Å². The summed E-state index contributed by atoms with van der Waals surface area (Å²) in [7, 11) is 0. The molecule has 0 N–H and O–H groups in total. The van der Waals surface area contributed by atoms with E-state index in [4.69, 9.17) is 4.74 Å². The van der Waals surface area contributed by atoms with Crippen molar-refractivity contribution in [2.24, 2.45) is 0 Å². The maximum atomic E-state index is 12.9. The van der Waals surface area contributed by atoms with E-state index >= 15 is 0 Å². The largest absolute Gasteiger partial charge is 0.476 e. The Balaban J connectivity index is 1.67. The van der Waals surface area contributed by atoms with Crippen LogP contribution in [0.1, 0.15) is 34.8 Å². The highest BCUT2D eigenvalue weighted by molar-refractivity contribution is 7.10. The van der Waals surface area contributed by atoms with Crippen molar-refractivity contribution in [2.45, 2.75) is 38.9 Å². The summed E-state index contributed by atoms with van der Waals surface area (Å²) in [5.74, 6) is 0.689. The monoisotopic (exact) mass is 303 g/mol. The second-order valence-corrected chi connectivity index (χ2v) is 7.19. The second-order valence-electron chi connectivity index (χ2n) is 6.19. The molecule has 2 aromatic rings. The van der Waals surface area contributed by atoms with E-state index in [2.05, 4.69) is 30.4 Å². The van der Waals surface area contributed by atoms with Crippen molar-refractivity contribution in [3.63, 3.8) is 0 Å². The van der Waals surface area contributed by atoms with Crippen molar-refractivity contribution in [1.82, 2.24) is 14.7 Å². The van der Waals surface area contributed by atoms with Crippen LogP contribution < -0.4 is 4.74 Å². The van der Waals surface area contributed by atoms with Crippen molar-refractivity contribution < 1.29 is 9.53 Å². The van der Waals surface area contributed by atoms with E-state index in [-0.39, 0.29) is 11.4 Å². The van der Waals surface area contributed by atoms with Gasteiger partial charge in [0, 0.05) is 16.5 Å². The Kier molecular flexibility index (Phi) is 2.66. The zero-order valence-electron chi connectivity index (χ0n) is 12.1. The SMILES string of the molecule is CC1(C)Cc2ccsc2CN1C(=O)c1cc2n(n1)CCO2. The number of aromatic nitrogens is 2. The fourth-order valence-corrected chi connectivity index (χ4v) is 3.98. The lowest BCUT2D eigenvalue weighted by atomic mass is 9.89. The summed E-state index contributed by atoms with van der Waals surface area (Å²) in [6, 6.07) is 3.93. The van der Waals surface area contributed by atoms with Gasteiger partial charge in [0.1, 0.15) is 6.61 Å². The number of thiophene rings is 1. The number of ether oxygens (including phenoxy) is 1. The molecule has 0 fully saturated rings. The van der Waals surface area contributed by atoms with E-state index < -0.39 is 0 Å². The Labute approximate surface area is 127 Å². The molecular formula is C15H17N3O2S. The highest BCUT2D eigenvalue weighted by atomic mass is 32.1. The first-order valence-corrected chi connectivity index (χ1v) is 8.00. The van der Waals surface area contributed by atoms with Crippen LogP contribution in [0, 0.1) is 0 Å². The summed E-state index contributed by atoms with van der Waals surface area (Å²) in [5.41, 5.74) is 1.66. The molecule has 2 aliphatic rings. The molecule has 2 aromatic heterocycles. The van der Waals surface area contributed by atoms with Crippen molar-refractivity contribution in [3.05, 3.63) is 33.6 Å². The predicted octanol–water partition coefficient (Wildman–Crippen LogP) is 2.31. The molecule has 6 heteroatoms. The lowest BCUT2D eigenvalue weighted by Crippen LogP contribution is -2.51. The molecule has 0 saturated heterocycles. The van der Waals surface area contributed by atoms with Crippen molar-refractivity contribution in [1.29, 1.82) is 0 Å². The molecule has 0 unspecified atom stereocenters. The number of amides is 1. The van der Waals surface area contributed by atoms with Gasteiger partial charge < -0.3 is 9.64 Å². The molecule has 0 spiro atoms. The smallest absolute Gasteiger partial charge is 0.275 e. The van der Waals surface area contributed by atoms with Gasteiger partial charge in [0.25, 0.3) is 5.91 Å². The molecule has 0 saturated carbocycles. The average Bonchev–Trinajstić information content (AvgIpc) is 3.09. The third kappa shape index (κ3) is 1.97. The van der Waals surface area contributed by atoms with Gasteiger partial charge in [0.2, 0.25) is 5.88 Å². The van der Waals surface area contributed by atoms with Gasteiger partial charge in [0.15, 0.2) is 5.69 Å². The number of carbonyl (C=O) groups is 1. The molecular weight excluding hydrogens is 286 g/mol. The first kappa shape index (κ1) is 12.9. The van der Waals surface area contributed by atoms with E-state index in [9.17, 15) is 4.79 Å². The molecule has 0 aliphatic carbocycles. The fourth-order valence-electron chi connectivity index (χ4n) is 3.08. The predicted molar refractivity (Wildman–Crippen MR) is 79.7 cm³/mol. The van der Waals surface area contributed by atoms with Crippen LogP contribution in [0.15, 0.2) is 17.5 Å². The van der Waals surface area contributed by atoms with Crippen LogP contribution in [0.5, 0.6) is 5.88 Å². The third-order valence-electron chi connectivity index (χ3n) is 4.25. The van der Waals surface area contributed by atoms with E-state index in [0.29, 0.717) is 24.7 Å². The standard InChI is InChI=1S/C15H17N3O2S/c1-15(2)8-10-3-6-21-12(10)9-17(15)14(19)11-7-13-18(16-11)4-5-20-13/h3,6-7H,4-5,8-9H2,1-2H3. The lowest BCUT2D eigenvalue weighted by Gasteiger charge is -2.42. The van der Waals surface area contributed by atoms with Gasteiger partial charge in [0.05, 0.1) is 13.1 Å². The average molecular weight is 303 g/mol. The third-order valence-corrected chi connectivity index (χ3v) is 5.20. The van der Waals surface area contributed by atoms with Gasteiger partial charge in [-0.25, -0.2) is 4.68 Å². The molecule has 0 atom stereocenters. The minimum atomic E-state index is -0.194. The van der Waals surface area contributed by atoms with Gasteiger partial charge in [-0.2, -0.15) is 5.10 Å². The van der Waals surface area contributed by atoms with E-state index in [1.54, 1.807) is 22.1 Å². The number of fused-ring (bicyclic) bond motifs is 2. The van der Waals surface area contributed by atoms with E-state index in [1.807, 2.05) is 4.90 Å². The number of rotatable bonds is 1. The van der Waals surface area contributed by atoms with E-state index in [0.717, 1.165) is 13.0 Å². The molecule has 0 bridgehead atoms. The van der Waals surface area contributed by atoms with Crippen LogP contribution in [0.25, 0.3) is 0 Å². The maximum Gasteiger partial charge on any atom is 0.275 e. The van der Waals surface area contributed by atoms with Crippen molar-refractivity contribution in [2.75, 3.05) is 6.61 Å². The summed E-state index contributed by atoms with van der Waals surface area (Å²) in [5, 5.41) is 6.48. The van der Waals surface area contributed by atoms with Crippen LogP contribution in [-0.4, -0.2) is 32.7 Å². The zero-order valence-corrected chi connectivity index (χ0v) is 12.9. The normalized spacial score (nSPS) is 19.0. The Morgan fingerprint density at radius 3 is 3.14 bits per heavy atom. The number of nitrogens with zero attached hydrogens (tertiary/aromatic N) is 3. The van der Waals surface area contributed by atoms with Crippen molar-refractivity contribution >= 4 is 17.2 Å². The molecule has 1 amide bonds. The first-order valence-electron chi connectivity index (χ1n) is 7.12. The minimum Gasteiger partial charge on any atom is -0.476 e. The fraction of sp³-hybridized carbons (Fsp3) is 0.467. The van der Waals surface area contributed by atoms with Gasteiger partial charge in [-0.1, -0.05) is 0 Å². The van der Waals surface area contributed by atoms with Gasteiger partial charge in [-0.05, 0) is 37.3 Å². The molecule has 4 heterocycles. The Morgan fingerprint density at radius 2 is 2.33 bits per heavy atom. The first-order chi connectivity index (χ1) is 10.0. The topological polar surface area (TPSA) is 47.4 Å². The molecule has 110 valence electrons. The Bertz CT molecular complexity index is 695. The Morgan fingerprint density at radius 1 is 1.48 bits per heavy atom. The quantitative estimate of drug-likeness (QED) is 0.812.